The van der Waals surface area contributed by atoms with Crippen molar-refractivity contribution >= 4 is 17.7 Å². The normalized spacial score (nSPS) is 18.4. The van der Waals surface area contributed by atoms with Gasteiger partial charge in [-0.25, -0.2) is 0 Å². The van der Waals surface area contributed by atoms with E-state index in [4.69, 9.17) is 0 Å². The van der Waals surface area contributed by atoms with Crippen LogP contribution in [0, 0.1) is 5.92 Å². The molecular formula is C18H22F3N3O3. The number of likely N-dealkylation sites (N-methyl/N-ethyl adjacent to an activating group) is 1. The number of alkyl halides is 3. The number of hydrogen-bond donors (Lipinski definition) is 1. The van der Waals surface area contributed by atoms with Crippen molar-refractivity contribution in [1.29, 1.82) is 0 Å². The van der Waals surface area contributed by atoms with Gasteiger partial charge in [0.25, 0.3) is 0 Å². The van der Waals surface area contributed by atoms with E-state index in [0.29, 0.717) is 5.56 Å². The Kier molecular flexibility index (Phi) is 6.12. The first-order valence-corrected chi connectivity index (χ1v) is 8.44. The lowest BCUT2D eigenvalue weighted by Crippen LogP contribution is -2.46. The Morgan fingerprint density at radius 1 is 1.33 bits per heavy atom. The number of carbonyl (C=O) groups excluding carboxylic acids is 3. The van der Waals surface area contributed by atoms with Gasteiger partial charge in [0.05, 0.1) is 11.5 Å². The van der Waals surface area contributed by atoms with Crippen LogP contribution in [0.15, 0.2) is 24.3 Å². The van der Waals surface area contributed by atoms with E-state index in [1.54, 1.807) is 21.0 Å². The monoisotopic (exact) mass is 385 g/mol. The van der Waals surface area contributed by atoms with E-state index in [1.165, 1.54) is 21.9 Å². The van der Waals surface area contributed by atoms with Crippen molar-refractivity contribution in [2.45, 2.75) is 32.1 Å². The minimum atomic E-state index is -4.46. The van der Waals surface area contributed by atoms with Crippen LogP contribution in [-0.2, 0) is 27.1 Å². The third kappa shape index (κ3) is 5.21. The molecule has 1 fully saturated rings. The fourth-order valence-corrected chi connectivity index (χ4v) is 2.95. The molecule has 0 aromatic heterocycles. The second-order valence-corrected chi connectivity index (χ2v) is 6.84. The Balaban J connectivity index is 1.99. The molecule has 1 aromatic rings. The van der Waals surface area contributed by atoms with Crippen LogP contribution in [0.1, 0.15) is 24.5 Å². The summed E-state index contributed by atoms with van der Waals surface area (Å²) in [7, 11) is 3.14. The van der Waals surface area contributed by atoms with Gasteiger partial charge in [-0.3, -0.25) is 14.4 Å². The lowest BCUT2D eigenvalue weighted by Gasteiger charge is -2.20. The molecule has 2 atom stereocenters. The molecule has 3 amide bonds. The first-order chi connectivity index (χ1) is 12.5. The Morgan fingerprint density at radius 3 is 2.59 bits per heavy atom. The summed E-state index contributed by atoms with van der Waals surface area (Å²) >= 11 is 0. The van der Waals surface area contributed by atoms with Crippen LogP contribution >= 0.6 is 0 Å². The van der Waals surface area contributed by atoms with Gasteiger partial charge in [0.2, 0.25) is 17.7 Å². The third-order valence-corrected chi connectivity index (χ3v) is 4.38. The van der Waals surface area contributed by atoms with E-state index in [2.05, 4.69) is 5.32 Å². The molecule has 0 aliphatic carbocycles. The fraction of sp³-hybridized carbons (Fsp3) is 0.500. The predicted octanol–water partition coefficient (Wildman–Crippen LogP) is 1.65. The van der Waals surface area contributed by atoms with E-state index >= 15 is 0 Å². The molecule has 1 aromatic carbocycles. The van der Waals surface area contributed by atoms with Gasteiger partial charge < -0.3 is 15.1 Å². The summed E-state index contributed by atoms with van der Waals surface area (Å²) in [4.78, 5) is 39.0. The molecule has 27 heavy (non-hydrogen) atoms. The Hall–Kier alpha value is -2.58. The first-order valence-electron chi connectivity index (χ1n) is 8.44. The predicted molar refractivity (Wildman–Crippen MR) is 91.3 cm³/mol. The van der Waals surface area contributed by atoms with E-state index < -0.39 is 29.6 Å². The Morgan fingerprint density at radius 2 is 2.00 bits per heavy atom. The Bertz CT molecular complexity index is 734. The van der Waals surface area contributed by atoms with E-state index in [9.17, 15) is 27.6 Å². The quantitative estimate of drug-likeness (QED) is 0.838. The minimum Gasteiger partial charge on any atom is -0.347 e. The van der Waals surface area contributed by atoms with Crippen LogP contribution in [-0.4, -0.2) is 54.2 Å². The number of halogens is 3. The van der Waals surface area contributed by atoms with Crippen LogP contribution in [0.25, 0.3) is 0 Å². The van der Waals surface area contributed by atoms with Gasteiger partial charge in [-0.05, 0) is 24.6 Å². The zero-order valence-corrected chi connectivity index (χ0v) is 15.3. The summed E-state index contributed by atoms with van der Waals surface area (Å²) in [6, 6.07) is 4.04. The van der Waals surface area contributed by atoms with Crippen LogP contribution in [0.3, 0.4) is 0 Å². The van der Waals surface area contributed by atoms with Crippen molar-refractivity contribution in [3.8, 4) is 0 Å². The lowest BCUT2D eigenvalue weighted by molar-refractivity contribution is -0.137. The molecule has 148 valence electrons. The molecule has 0 saturated carbocycles. The molecule has 6 nitrogen and oxygen atoms in total. The van der Waals surface area contributed by atoms with Crippen molar-refractivity contribution in [2.24, 2.45) is 5.92 Å². The third-order valence-electron chi connectivity index (χ3n) is 4.38. The Labute approximate surface area is 155 Å². The summed E-state index contributed by atoms with van der Waals surface area (Å²) in [5, 5.41) is 2.58. The highest BCUT2D eigenvalue weighted by Crippen LogP contribution is 2.30. The van der Waals surface area contributed by atoms with Crippen molar-refractivity contribution in [2.75, 3.05) is 20.6 Å². The fourth-order valence-electron chi connectivity index (χ4n) is 2.95. The van der Waals surface area contributed by atoms with Gasteiger partial charge in [0, 0.05) is 33.6 Å². The smallest absolute Gasteiger partial charge is 0.347 e. The van der Waals surface area contributed by atoms with Crippen molar-refractivity contribution < 1.29 is 27.6 Å². The largest absolute Gasteiger partial charge is 0.416 e. The maximum atomic E-state index is 12.8. The van der Waals surface area contributed by atoms with Crippen molar-refractivity contribution in [1.82, 2.24) is 15.1 Å². The van der Waals surface area contributed by atoms with Crippen molar-refractivity contribution in [3.05, 3.63) is 35.4 Å². The molecule has 0 spiro atoms. The van der Waals surface area contributed by atoms with Crippen molar-refractivity contribution in [3.63, 3.8) is 0 Å². The van der Waals surface area contributed by atoms with E-state index in [0.717, 1.165) is 12.1 Å². The SMILES string of the molecule is C[C@@H](NC(=O)[C@@H]1CC(=O)N(Cc2cccc(C(F)(F)F)c2)C1)C(=O)N(C)C. The molecular weight excluding hydrogens is 363 g/mol. The van der Waals surface area contributed by atoms with Gasteiger partial charge in [0.1, 0.15) is 6.04 Å². The van der Waals surface area contributed by atoms with Crippen LogP contribution in [0.5, 0.6) is 0 Å². The standard InChI is InChI=1S/C18H22F3N3O3/c1-11(17(27)23(2)3)22-16(26)13-8-15(25)24(10-13)9-12-5-4-6-14(7-12)18(19,20)21/h4-7,11,13H,8-10H2,1-3H3,(H,22,26)/t11-,13-/m1/s1. The zero-order chi connectivity index (χ0) is 20.4. The summed E-state index contributed by atoms with van der Waals surface area (Å²) in [5.41, 5.74) is -0.438. The molecule has 0 bridgehead atoms. The number of amides is 3. The number of rotatable bonds is 5. The maximum Gasteiger partial charge on any atom is 0.416 e. The summed E-state index contributed by atoms with van der Waals surface area (Å²) < 4.78 is 38.4. The van der Waals surface area contributed by atoms with Gasteiger partial charge in [-0.15, -0.1) is 0 Å². The molecule has 0 radical (unpaired) electrons. The number of likely N-dealkylation sites (tertiary alicyclic amines) is 1. The number of nitrogens with one attached hydrogen (secondary N) is 1. The number of benzene rings is 1. The molecule has 1 aliphatic rings. The molecule has 0 unspecified atom stereocenters. The molecule has 1 heterocycles. The lowest BCUT2D eigenvalue weighted by atomic mass is 10.1. The average molecular weight is 385 g/mol. The summed E-state index contributed by atoms with van der Waals surface area (Å²) in [6.07, 6.45) is -4.49. The van der Waals surface area contributed by atoms with Gasteiger partial charge in [-0.1, -0.05) is 12.1 Å². The highest BCUT2D eigenvalue weighted by atomic mass is 19.4. The van der Waals surface area contributed by atoms with Gasteiger partial charge in [-0.2, -0.15) is 13.2 Å². The summed E-state index contributed by atoms with van der Waals surface area (Å²) in [6.45, 7) is 1.65. The molecule has 1 saturated heterocycles. The molecule has 2 rings (SSSR count). The van der Waals surface area contributed by atoms with E-state index in [-0.39, 0.29) is 31.3 Å². The van der Waals surface area contributed by atoms with Gasteiger partial charge in [0.15, 0.2) is 0 Å². The summed E-state index contributed by atoms with van der Waals surface area (Å²) in [5.74, 6) is -1.63. The topological polar surface area (TPSA) is 69.7 Å². The molecule has 1 N–H and O–H groups in total. The first kappa shape index (κ1) is 20.7. The van der Waals surface area contributed by atoms with Crippen LogP contribution < -0.4 is 5.32 Å². The highest BCUT2D eigenvalue weighted by Gasteiger charge is 2.36. The van der Waals surface area contributed by atoms with E-state index in [1.807, 2.05) is 0 Å². The van der Waals surface area contributed by atoms with Crippen LogP contribution in [0.4, 0.5) is 13.2 Å². The highest BCUT2D eigenvalue weighted by molar-refractivity contribution is 5.92. The van der Waals surface area contributed by atoms with Gasteiger partial charge >= 0.3 is 6.18 Å². The molecule has 1 aliphatic heterocycles. The average Bonchev–Trinajstić information content (AvgIpc) is 2.94. The number of hydrogen-bond acceptors (Lipinski definition) is 3. The maximum absolute atomic E-state index is 12.8. The van der Waals surface area contributed by atoms with Crippen LogP contribution in [0.2, 0.25) is 0 Å². The molecule has 9 heteroatoms. The number of carbonyl (C=O) groups is 3. The zero-order valence-electron chi connectivity index (χ0n) is 15.3. The second-order valence-electron chi connectivity index (χ2n) is 6.84. The minimum absolute atomic E-state index is 0.00127. The number of nitrogens with zero attached hydrogens (tertiary/aromatic N) is 2. The second kappa shape index (κ2) is 7.98.